The Labute approximate surface area is 97.7 Å². The molecule has 5 heteroatoms. The monoisotopic (exact) mass is 237 g/mol. The van der Waals surface area contributed by atoms with Crippen molar-refractivity contribution in [3.63, 3.8) is 0 Å². The van der Waals surface area contributed by atoms with Crippen molar-refractivity contribution < 1.29 is 4.39 Å². The summed E-state index contributed by atoms with van der Waals surface area (Å²) in [4.78, 5) is 0. The van der Waals surface area contributed by atoms with Gasteiger partial charge in [0.15, 0.2) is 0 Å². The molecule has 1 N–H and O–H groups in total. The van der Waals surface area contributed by atoms with Crippen molar-refractivity contribution in [1.29, 1.82) is 0 Å². The molecule has 1 aromatic heterocycles. The lowest BCUT2D eigenvalue weighted by molar-refractivity contribution is 0.571. The predicted molar refractivity (Wildman–Crippen MR) is 61.9 cm³/mol. The summed E-state index contributed by atoms with van der Waals surface area (Å²) in [5.74, 6) is -0.224. The van der Waals surface area contributed by atoms with Gasteiger partial charge in [-0.15, -0.1) is 0 Å². The van der Waals surface area contributed by atoms with E-state index in [9.17, 15) is 4.39 Å². The fourth-order valence-electron chi connectivity index (χ4n) is 1.65. The summed E-state index contributed by atoms with van der Waals surface area (Å²) in [7, 11) is 1.78. The number of hydrogen-bond donors (Lipinski definition) is 1. The van der Waals surface area contributed by atoms with Gasteiger partial charge in [-0.3, -0.25) is 0 Å². The van der Waals surface area contributed by atoms with Gasteiger partial charge in [-0.2, -0.15) is 8.75 Å². The molecule has 0 aliphatic rings. The molecule has 0 aliphatic heterocycles. The first-order chi connectivity index (χ1) is 7.72. The molecule has 16 heavy (non-hydrogen) atoms. The Morgan fingerprint density at radius 1 is 1.44 bits per heavy atom. The van der Waals surface area contributed by atoms with Crippen molar-refractivity contribution in [2.45, 2.75) is 13.0 Å². The first-order valence-electron chi connectivity index (χ1n) is 4.93. The van der Waals surface area contributed by atoms with Gasteiger partial charge in [-0.05, 0) is 20.0 Å². The Hall–Kier alpha value is -1.33. The molecule has 1 unspecified atom stereocenters. The lowest BCUT2D eigenvalue weighted by atomic mass is 10.0. The molecule has 0 bridgehead atoms. The van der Waals surface area contributed by atoms with Crippen LogP contribution in [0.25, 0.3) is 0 Å². The highest BCUT2D eigenvalue weighted by molar-refractivity contribution is 6.99. The third kappa shape index (κ3) is 2.10. The van der Waals surface area contributed by atoms with E-state index < -0.39 is 0 Å². The molecule has 3 nitrogen and oxygen atoms in total. The van der Waals surface area contributed by atoms with Crippen LogP contribution in [-0.2, 0) is 0 Å². The molecule has 0 saturated heterocycles. The summed E-state index contributed by atoms with van der Waals surface area (Å²) in [6.07, 6.45) is 1.66. The Morgan fingerprint density at radius 3 is 2.88 bits per heavy atom. The summed E-state index contributed by atoms with van der Waals surface area (Å²) in [6.45, 7) is 1.94. The van der Waals surface area contributed by atoms with Crippen molar-refractivity contribution in [2.24, 2.45) is 0 Å². The maximum atomic E-state index is 13.7. The smallest absolute Gasteiger partial charge is 0.128 e. The quantitative estimate of drug-likeness (QED) is 0.890. The third-order valence-corrected chi connectivity index (χ3v) is 2.92. The minimum Gasteiger partial charge on any atom is -0.308 e. The zero-order valence-electron chi connectivity index (χ0n) is 9.07. The van der Waals surface area contributed by atoms with E-state index in [1.165, 1.54) is 6.07 Å². The van der Waals surface area contributed by atoms with E-state index in [1.54, 1.807) is 19.3 Å². The number of aryl methyl sites for hydroxylation is 1. The summed E-state index contributed by atoms with van der Waals surface area (Å²) in [5, 5.41) is 3.05. The van der Waals surface area contributed by atoms with E-state index in [1.807, 2.05) is 13.0 Å². The zero-order chi connectivity index (χ0) is 11.5. The summed E-state index contributed by atoms with van der Waals surface area (Å²) in [5.41, 5.74) is 2.38. The van der Waals surface area contributed by atoms with Crippen molar-refractivity contribution in [1.82, 2.24) is 14.1 Å². The Kier molecular flexibility index (Phi) is 3.26. The number of hydrogen-bond acceptors (Lipinski definition) is 4. The van der Waals surface area contributed by atoms with E-state index in [4.69, 9.17) is 0 Å². The van der Waals surface area contributed by atoms with E-state index in [-0.39, 0.29) is 11.9 Å². The van der Waals surface area contributed by atoms with E-state index in [0.717, 1.165) is 23.0 Å². The highest BCUT2D eigenvalue weighted by Crippen LogP contribution is 2.23. The average molecular weight is 237 g/mol. The van der Waals surface area contributed by atoms with Crippen LogP contribution in [0.5, 0.6) is 0 Å². The van der Waals surface area contributed by atoms with Crippen molar-refractivity contribution in [2.75, 3.05) is 7.05 Å². The number of benzene rings is 1. The minimum absolute atomic E-state index is 0.224. The molecule has 0 amide bonds. The molecule has 0 radical (unpaired) electrons. The fraction of sp³-hybridized carbons (Fsp3) is 0.273. The Balaban J connectivity index is 2.44. The fourth-order valence-corrected chi connectivity index (χ4v) is 2.10. The minimum atomic E-state index is -0.237. The van der Waals surface area contributed by atoms with Crippen LogP contribution in [0, 0.1) is 12.7 Å². The summed E-state index contributed by atoms with van der Waals surface area (Å²) in [6, 6.07) is 4.83. The first kappa shape index (κ1) is 11.2. The van der Waals surface area contributed by atoms with Gasteiger partial charge < -0.3 is 5.32 Å². The molecule has 2 aromatic rings. The van der Waals surface area contributed by atoms with Crippen molar-refractivity contribution in [3.8, 4) is 0 Å². The lowest BCUT2D eigenvalue weighted by Crippen LogP contribution is -2.19. The van der Waals surface area contributed by atoms with Gasteiger partial charge in [0.2, 0.25) is 0 Å². The van der Waals surface area contributed by atoms with Crippen LogP contribution < -0.4 is 5.32 Å². The largest absolute Gasteiger partial charge is 0.308 e. The van der Waals surface area contributed by atoms with E-state index in [2.05, 4.69) is 14.1 Å². The van der Waals surface area contributed by atoms with Crippen LogP contribution in [0.15, 0.2) is 24.4 Å². The van der Waals surface area contributed by atoms with Gasteiger partial charge >= 0.3 is 0 Å². The van der Waals surface area contributed by atoms with Gasteiger partial charge in [0.1, 0.15) is 5.82 Å². The first-order valence-corrected chi connectivity index (χ1v) is 5.66. The molecule has 2 rings (SSSR count). The van der Waals surface area contributed by atoms with Crippen LogP contribution in [0.3, 0.4) is 0 Å². The molecule has 0 spiro atoms. The molecule has 84 valence electrons. The van der Waals surface area contributed by atoms with Crippen LogP contribution in [0.1, 0.15) is 22.9 Å². The molecule has 1 atom stereocenters. The number of nitrogens with one attached hydrogen (secondary N) is 1. The second kappa shape index (κ2) is 4.67. The summed E-state index contributed by atoms with van der Waals surface area (Å²) >= 11 is 1.13. The summed E-state index contributed by atoms with van der Waals surface area (Å²) < 4.78 is 21.8. The molecular weight excluding hydrogens is 225 g/mol. The van der Waals surface area contributed by atoms with Crippen LogP contribution >= 0.6 is 11.7 Å². The predicted octanol–water partition coefficient (Wildman–Crippen LogP) is 2.29. The second-order valence-corrected chi connectivity index (χ2v) is 4.14. The molecule has 0 saturated carbocycles. The Bertz CT molecular complexity index is 470. The SMILES string of the molecule is CNC(c1cnsn1)c1cc(C)ccc1F. The van der Waals surface area contributed by atoms with Crippen molar-refractivity contribution in [3.05, 3.63) is 47.0 Å². The van der Waals surface area contributed by atoms with Gasteiger partial charge in [-0.1, -0.05) is 17.7 Å². The Morgan fingerprint density at radius 2 is 2.25 bits per heavy atom. The number of nitrogens with zero attached hydrogens (tertiary/aromatic N) is 2. The molecule has 0 aliphatic carbocycles. The van der Waals surface area contributed by atoms with Crippen LogP contribution in [0.2, 0.25) is 0 Å². The van der Waals surface area contributed by atoms with Gasteiger partial charge in [0.05, 0.1) is 29.7 Å². The number of rotatable bonds is 3. The molecular formula is C11H12FN3S. The van der Waals surface area contributed by atoms with Gasteiger partial charge in [0.25, 0.3) is 0 Å². The lowest BCUT2D eigenvalue weighted by Gasteiger charge is -2.15. The van der Waals surface area contributed by atoms with E-state index in [0.29, 0.717) is 5.56 Å². The highest BCUT2D eigenvalue weighted by Gasteiger charge is 2.18. The highest BCUT2D eigenvalue weighted by atomic mass is 32.1. The number of halogens is 1. The maximum absolute atomic E-state index is 13.7. The van der Waals surface area contributed by atoms with Crippen molar-refractivity contribution >= 4 is 11.7 Å². The third-order valence-electron chi connectivity index (χ3n) is 2.43. The topological polar surface area (TPSA) is 37.8 Å². The second-order valence-electron chi connectivity index (χ2n) is 3.58. The molecule has 0 fully saturated rings. The van der Waals surface area contributed by atoms with Gasteiger partial charge in [0, 0.05) is 5.56 Å². The average Bonchev–Trinajstić information content (AvgIpc) is 2.78. The number of aromatic nitrogens is 2. The normalized spacial score (nSPS) is 12.7. The standard InChI is InChI=1S/C11H12FN3S/c1-7-3-4-9(12)8(5-7)11(13-2)10-6-14-16-15-10/h3-6,11,13H,1-2H3. The van der Waals surface area contributed by atoms with Crippen LogP contribution in [-0.4, -0.2) is 15.8 Å². The van der Waals surface area contributed by atoms with E-state index >= 15 is 0 Å². The maximum Gasteiger partial charge on any atom is 0.128 e. The molecule has 1 heterocycles. The zero-order valence-corrected chi connectivity index (χ0v) is 9.88. The van der Waals surface area contributed by atoms with Gasteiger partial charge in [-0.25, -0.2) is 4.39 Å². The van der Waals surface area contributed by atoms with Crippen LogP contribution in [0.4, 0.5) is 4.39 Å². The molecule has 1 aromatic carbocycles.